The van der Waals surface area contributed by atoms with E-state index < -0.39 is 16.5 Å². The largest absolute Gasteiger partial charge is 4.00 e. The molecule has 0 aromatic heterocycles. The molecule has 2 fully saturated rings. The molecule has 0 spiro atoms. The summed E-state index contributed by atoms with van der Waals surface area (Å²) in [5, 5.41) is 3.05. The third kappa shape index (κ3) is 7.60. The van der Waals surface area contributed by atoms with E-state index in [4.69, 9.17) is 0 Å². The Morgan fingerprint density at radius 1 is 0.655 bits per heavy atom. The molecule has 0 bridgehead atoms. The third-order valence-electron chi connectivity index (χ3n) is 6.50. The van der Waals surface area contributed by atoms with Crippen molar-refractivity contribution in [2.45, 2.75) is 64.7 Å². The standard InChI is InChI=1S/2C11H18NSi.2BrH.Hf/c2*1-13(2,11-7-3-4-8-11)12-9-5-6-10-12;;;/h2*3,7H,4-6,9-10H2,1-2H3;2*1H;/q2*-1;;;+4/p-2. The summed E-state index contributed by atoms with van der Waals surface area (Å²) >= 11 is 0. The number of halogens is 2. The van der Waals surface area contributed by atoms with Crippen molar-refractivity contribution < 1.29 is 59.8 Å². The Balaban J connectivity index is 0.000000490. The number of allylic oxidation sites excluding steroid dienone is 8. The topological polar surface area (TPSA) is 6.48 Å². The molecular formula is C22H36Br2HfN2Si2. The van der Waals surface area contributed by atoms with Crippen molar-refractivity contribution in [3.63, 3.8) is 0 Å². The zero-order valence-corrected chi connectivity index (χ0v) is 27.3. The monoisotopic (exact) mass is 722 g/mol. The number of hydrogen-bond donors (Lipinski definition) is 0. The fourth-order valence-corrected chi connectivity index (χ4v) is 10.2. The Labute approximate surface area is 221 Å². The van der Waals surface area contributed by atoms with E-state index in [1.807, 2.05) is 0 Å². The van der Waals surface area contributed by atoms with E-state index >= 15 is 0 Å². The van der Waals surface area contributed by atoms with E-state index in [-0.39, 0.29) is 59.8 Å². The van der Waals surface area contributed by atoms with E-state index in [1.54, 1.807) is 0 Å². The fraction of sp³-hybridized carbons (Fsp3) is 0.636. The third-order valence-corrected chi connectivity index (χ3v) is 13.9. The van der Waals surface area contributed by atoms with Crippen LogP contribution in [0.1, 0.15) is 38.5 Å². The van der Waals surface area contributed by atoms with Crippen LogP contribution in [0.4, 0.5) is 0 Å². The van der Waals surface area contributed by atoms with E-state index in [9.17, 15) is 0 Å². The predicted molar refractivity (Wildman–Crippen MR) is 118 cm³/mol. The predicted octanol–water partition coefficient (Wildman–Crippen LogP) is -0.963. The van der Waals surface area contributed by atoms with Gasteiger partial charge in [-0.2, -0.15) is 12.2 Å². The Bertz CT molecular complexity index is 564. The van der Waals surface area contributed by atoms with Gasteiger partial charge in [-0.3, -0.25) is 12.2 Å². The van der Waals surface area contributed by atoms with Gasteiger partial charge >= 0.3 is 25.8 Å². The van der Waals surface area contributed by atoms with Crippen molar-refractivity contribution in [1.82, 2.24) is 9.13 Å². The first-order valence-electron chi connectivity index (χ1n) is 10.5. The van der Waals surface area contributed by atoms with E-state index in [0.29, 0.717) is 0 Å². The van der Waals surface area contributed by atoms with Crippen LogP contribution in [0, 0.1) is 12.2 Å². The van der Waals surface area contributed by atoms with Crippen molar-refractivity contribution in [2.75, 3.05) is 26.2 Å². The van der Waals surface area contributed by atoms with E-state index in [0.717, 1.165) is 12.8 Å². The molecule has 2 heterocycles. The summed E-state index contributed by atoms with van der Waals surface area (Å²) in [5.74, 6) is 0. The van der Waals surface area contributed by atoms with Crippen molar-refractivity contribution in [3.05, 3.63) is 46.8 Å². The molecule has 0 amide bonds. The smallest absolute Gasteiger partial charge is 1.00 e. The maximum absolute atomic E-state index is 3.50. The van der Waals surface area contributed by atoms with Gasteiger partial charge in [0.2, 0.25) is 0 Å². The maximum atomic E-state index is 3.50. The molecule has 2 nitrogen and oxygen atoms in total. The number of rotatable bonds is 4. The van der Waals surface area contributed by atoms with Gasteiger partial charge in [-0.05, 0) is 51.9 Å². The molecule has 160 valence electrons. The van der Waals surface area contributed by atoms with Gasteiger partial charge in [0.15, 0.2) is 0 Å². The van der Waals surface area contributed by atoms with Gasteiger partial charge in [0.25, 0.3) is 0 Å². The molecule has 29 heavy (non-hydrogen) atoms. The summed E-state index contributed by atoms with van der Waals surface area (Å²) in [6.45, 7) is 15.1. The second-order valence-corrected chi connectivity index (χ2v) is 17.5. The van der Waals surface area contributed by atoms with Gasteiger partial charge in [-0.15, -0.1) is 12.8 Å². The molecule has 2 aliphatic heterocycles. The van der Waals surface area contributed by atoms with Crippen molar-refractivity contribution in [3.8, 4) is 0 Å². The number of hydrogen-bond acceptors (Lipinski definition) is 2. The molecule has 0 unspecified atom stereocenters. The second-order valence-electron chi connectivity index (χ2n) is 8.90. The van der Waals surface area contributed by atoms with Crippen LogP contribution in [0.15, 0.2) is 34.7 Å². The summed E-state index contributed by atoms with van der Waals surface area (Å²) < 4.78 is 5.43. The SMILES string of the molecule is C[Si](C)(C1=[C-]CC=C1)N1CCCC1.C[Si](C)(C1=[C-]CC=C1)N1CCCC1.[Br-].[Br-].[Hf+4]. The molecule has 0 aromatic carbocycles. The Morgan fingerprint density at radius 2 is 0.966 bits per heavy atom. The quantitative estimate of drug-likeness (QED) is 0.273. The van der Waals surface area contributed by atoms with E-state index in [1.165, 1.54) is 62.3 Å². The first kappa shape index (κ1) is 30.1. The Kier molecular flexibility index (Phi) is 14.2. The van der Waals surface area contributed by atoms with E-state index in [2.05, 4.69) is 71.8 Å². The van der Waals surface area contributed by atoms with Gasteiger partial charge in [-0.25, -0.2) is 22.5 Å². The summed E-state index contributed by atoms with van der Waals surface area (Å²) in [7, 11) is -2.57. The normalized spacial score (nSPS) is 21.5. The minimum Gasteiger partial charge on any atom is -1.00 e. The molecule has 2 saturated heterocycles. The Morgan fingerprint density at radius 3 is 1.21 bits per heavy atom. The molecule has 0 atom stereocenters. The van der Waals surface area contributed by atoms with Gasteiger partial charge < -0.3 is 43.1 Å². The molecular weight excluding hydrogens is 687 g/mol. The van der Waals surface area contributed by atoms with Crippen LogP contribution in [-0.2, 0) is 25.8 Å². The van der Waals surface area contributed by atoms with Crippen LogP contribution in [0.2, 0.25) is 26.2 Å². The zero-order chi connectivity index (χ0) is 18.6. The molecule has 0 aromatic rings. The molecule has 4 aliphatic rings. The van der Waals surface area contributed by atoms with Gasteiger partial charge in [-0.1, -0.05) is 26.2 Å². The van der Waals surface area contributed by atoms with Gasteiger partial charge in [0.05, 0.1) is 0 Å². The van der Waals surface area contributed by atoms with Crippen LogP contribution >= 0.6 is 0 Å². The zero-order valence-electron chi connectivity index (χ0n) is 18.5. The van der Waals surface area contributed by atoms with Crippen LogP contribution in [-0.4, -0.2) is 51.8 Å². The van der Waals surface area contributed by atoms with Crippen LogP contribution in [0.3, 0.4) is 0 Å². The average molecular weight is 723 g/mol. The molecule has 4 rings (SSSR count). The summed E-state index contributed by atoms with van der Waals surface area (Å²) in [6.07, 6.45) is 23.7. The van der Waals surface area contributed by atoms with Crippen molar-refractivity contribution in [1.29, 1.82) is 0 Å². The Hall–Kier alpha value is 1.14. The first-order valence-corrected chi connectivity index (χ1v) is 16.4. The minimum atomic E-state index is -1.29. The molecule has 0 N–H and O–H groups in total. The molecule has 2 aliphatic carbocycles. The van der Waals surface area contributed by atoms with Crippen LogP contribution < -0.4 is 34.0 Å². The van der Waals surface area contributed by atoms with Crippen LogP contribution in [0.25, 0.3) is 0 Å². The minimum absolute atomic E-state index is 0. The van der Waals surface area contributed by atoms with Gasteiger partial charge in [0, 0.05) is 0 Å². The van der Waals surface area contributed by atoms with Crippen molar-refractivity contribution in [2.24, 2.45) is 0 Å². The average Bonchev–Trinajstić information content (AvgIpc) is 3.47. The summed E-state index contributed by atoms with van der Waals surface area (Å²) in [5.41, 5.74) is 0. The first-order chi connectivity index (χ1) is 12.4. The summed E-state index contributed by atoms with van der Waals surface area (Å²) in [4.78, 5) is 0. The van der Waals surface area contributed by atoms with Crippen molar-refractivity contribution >= 4 is 16.5 Å². The number of nitrogens with zero attached hydrogens (tertiary/aromatic N) is 2. The fourth-order valence-electron chi connectivity index (χ4n) is 4.54. The second kappa shape index (κ2) is 13.6. The van der Waals surface area contributed by atoms with Gasteiger partial charge in [0.1, 0.15) is 16.5 Å². The summed E-state index contributed by atoms with van der Waals surface area (Å²) in [6, 6.07) is 0. The molecule has 0 saturated carbocycles. The molecule has 0 radical (unpaired) electrons. The maximum Gasteiger partial charge on any atom is 4.00 e. The molecule has 7 heteroatoms. The van der Waals surface area contributed by atoms with Crippen LogP contribution in [0.5, 0.6) is 0 Å².